The van der Waals surface area contributed by atoms with Crippen LogP contribution in [0.3, 0.4) is 0 Å². The summed E-state index contributed by atoms with van der Waals surface area (Å²) in [6.07, 6.45) is 0. The second-order valence-electron chi connectivity index (χ2n) is 3.15. The van der Waals surface area contributed by atoms with Crippen molar-refractivity contribution < 1.29 is 19.5 Å². The minimum atomic E-state index is -1.18. The summed E-state index contributed by atoms with van der Waals surface area (Å²) in [4.78, 5) is 32.7. The Balaban J connectivity index is 3.99. The van der Waals surface area contributed by atoms with Gasteiger partial charge in [0.1, 0.15) is 6.04 Å². The topological polar surface area (TPSA) is 122 Å². The van der Waals surface area contributed by atoms with Gasteiger partial charge >= 0.3 is 5.97 Å². The third kappa shape index (κ3) is 5.56. The van der Waals surface area contributed by atoms with Gasteiger partial charge in [-0.1, -0.05) is 0 Å². The van der Waals surface area contributed by atoms with E-state index in [0.29, 0.717) is 0 Å². The first-order valence-corrected chi connectivity index (χ1v) is 5.18. The first-order valence-electron chi connectivity index (χ1n) is 4.54. The fourth-order valence-corrected chi connectivity index (χ4v) is 1.01. The minimum Gasteiger partial charge on any atom is -0.480 e. The Labute approximate surface area is 98.2 Å². The molecular weight excluding hydrogens is 234 g/mol. The molecule has 2 unspecified atom stereocenters. The minimum absolute atomic E-state index is 0.0255. The predicted molar refractivity (Wildman–Crippen MR) is 60.1 cm³/mol. The first-order chi connectivity index (χ1) is 7.38. The molecule has 0 aliphatic heterocycles. The summed E-state index contributed by atoms with van der Waals surface area (Å²) in [5.41, 5.74) is 5.25. The summed E-state index contributed by atoms with van der Waals surface area (Å²) >= 11 is 3.77. The van der Waals surface area contributed by atoms with Crippen molar-refractivity contribution >= 4 is 30.4 Å². The molecule has 7 nitrogen and oxygen atoms in total. The molecule has 0 aliphatic carbocycles. The smallest absolute Gasteiger partial charge is 0.327 e. The number of nitrogens with one attached hydrogen (secondary N) is 2. The van der Waals surface area contributed by atoms with Gasteiger partial charge in [-0.2, -0.15) is 12.6 Å². The van der Waals surface area contributed by atoms with E-state index in [9.17, 15) is 14.4 Å². The average molecular weight is 249 g/mol. The van der Waals surface area contributed by atoms with Gasteiger partial charge in [0, 0.05) is 5.75 Å². The maximum Gasteiger partial charge on any atom is 0.327 e. The molecule has 0 fully saturated rings. The van der Waals surface area contributed by atoms with Crippen molar-refractivity contribution in [3.63, 3.8) is 0 Å². The van der Waals surface area contributed by atoms with Crippen molar-refractivity contribution in [3.8, 4) is 0 Å². The fourth-order valence-electron chi connectivity index (χ4n) is 0.759. The van der Waals surface area contributed by atoms with Crippen molar-refractivity contribution in [1.29, 1.82) is 0 Å². The van der Waals surface area contributed by atoms with Crippen LogP contribution in [0, 0.1) is 0 Å². The average Bonchev–Trinajstić information content (AvgIpc) is 2.21. The highest BCUT2D eigenvalue weighted by Gasteiger charge is 2.18. The number of nitrogens with two attached hydrogens (primary N) is 1. The lowest BCUT2D eigenvalue weighted by Gasteiger charge is -2.12. The van der Waals surface area contributed by atoms with E-state index < -0.39 is 29.9 Å². The molecule has 0 aromatic heterocycles. The fraction of sp³-hybridized carbons (Fsp3) is 0.625. The molecule has 0 rings (SSSR count). The van der Waals surface area contributed by atoms with E-state index in [4.69, 9.17) is 10.8 Å². The Morgan fingerprint density at radius 3 is 2.38 bits per heavy atom. The van der Waals surface area contributed by atoms with Crippen LogP contribution in [0.5, 0.6) is 0 Å². The number of rotatable bonds is 6. The Morgan fingerprint density at radius 1 is 1.44 bits per heavy atom. The maximum absolute atomic E-state index is 11.2. The second-order valence-corrected chi connectivity index (χ2v) is 3.51. The lowest BCUT2D eigenvalue weighted by Crippen LogP contribution is -2.48. The SMILES string of the molecule is CC(N)C(=O)NCC(=O)NC(CS)C(=O)O. The van der Waals surface area contributed by atoms with E-state index >= 15 is 0 Å². The van der Waals surface area contributed by atoms with Crippen LogP contribution in [0.15, 0.2) is 0 Å². The van der Waals surface area contributed by atoms with E-state index in [1.54, 1.807) is 0 Å². The number of thiol groups is 1. The number of amides is 2. The van der Waals surface area contributed by atoms with Crippen LogP contribution in [0.2, 0.25) is 0 Å². The van der Waals surface area contributed by atoms with Crippen molar-refractivity contribution in [1.82, 2.24) is 10.6 Å². The lowest BCUT2D eigenvalue weighted by molar-refractivity contribution is -0.141. The van der Waals surface area contributed by atoms with Gasteiger partial charge in [0.05, 0.1) is 12.6 Å². The zero-order valence-electron chi connectivity index (χ0n) is 8.77. The van der Waals surface area contributed by atoms with Gasteiger partial charge in [0.2, 0.25) is 11.8 Å². The van der Waals surface area contributed by atoms with Gasteiger partial charge in [-0.05, 0) is 6.92 Å². The van der Waals surface area contributed by atoms with E-state index in [1.165, 1.54) is 6.92 Å². The van der Waals surface area contributed by atoms with Gasteiger partial charge in [-0.25, -0.2) is 4.79 Å². The zero-order valence-corrected chi connectivity index (χ0v) is 9.66. The number of hydrogen-bond donors (Lipinski definition) is 5. The molecule has 0 aromatic rings. The summed E-state index contributed by atoms with van der Waals surface area (Å²) in [5, 5.41) is 13.1. The van der Waals surface area contributed by atoms with Crippen molar-refractivity contribution in [3.05, 3.63) is 0 Å². The maximum atomic E-state index is 11.2. The number of hydrogen-bond acceptors (Lipinski definition) is 5. The van der Waals surface area contributed by atoms with Crippen molar-refractivity contribution in [2.45, 2.75) is 19.0 Å². The molecule has 0 radical (unpaired) electrons. The number of carboxylic acids is 1. The van der Waals surface area contributed by atoms with Crippen LogP contribution < -0.4 is 16.4 Å². The number of carbonyl (C=O) groups excluding carboxylic acids is 2. The Bertz CT molecular complexity index is 282. The van der Waals surface area contributed by atoms with Crippen LogP contribution in [0.4, 0.5) is 0 Å². The largest absolute Gasteiger partial charge is 0.480 e. The Hall–Kier alpha value is -1.28. The summed E-state index contributed by atoms with van der Waals surface area (Å²) in [5.74, 6) is -2.28. The molecule has 16 heavy (non-hydrogen) atoms. The van der Waals surface area contributed by atoms with Gasteiger partial charge in [0.25, 0.3) is 0 Å². The molecule has 0 aromatic carbocycles. The van der Waals surface area contributed by atoms with E-state index in [2.05, 4.69) is 23.3 Å². The highest BCUT2D eigenvalue weighted by atomic mass is 32.1. The molecule has 8 heteroatoms. The molecular formula is C8H15N3O4S. The molecule has 2 amide bonds. The van der Waals surface area contributed by atoms with Crippen molar-refractivity contribution in [2.75, 3.05) is 12.3 Å². The number of carboxylic acid groups (broad SMARTS) is 1. The van der Waals surface area contributed by atoms with Crippen LogP contribution in [0.1, 0.15) is 6.92 Å². The van der Waals surface area contributed by atoms with Crippen LogP contribution in [-0.2, 0) is 14.4 Å². The van der Waals surface area contributed by atoms with Gasteiger partial charge < -0.3 is 21.5 Å². The molecule has 0 saturated heterocycles. The molecule has 5 N–H and O–H groups in total. The summed E-state index contributed by atoms with van der Waals surface area (Å²) in [6.45, 7) is 1.17. The second kappa shape index (κ2) is 7.07. The summed E-state index contributed by atoms with van der Waals surface area (Å²) in [7, 11) is 0. The van der Waals surface area contributed by atoms with Crippen LogP contribution >= 0.6 is 12.6 Å². The Morgan fingerprint density at radius 2 is 2.00 bits per heavy atom. The standard InChI is InChI=1S/C8H15N3O4S/c1-4(9)7(13)10-2-6(12)11-5(3-16)8(14)15/h4-5,16H,2-3,9H2,1H3,(H,10,13)(H,11,12)(H,14,15). The predicted octanol–water partition coefficient (Wildman–Crippen LogP) is -2.05. The molecule has 0 bridgehead atoms. The number of aliphatic carboxylic acids is 1. The lowest BCUT2D eigenvalue weighted by atomic mass is 10.3. The normalized spacial score (nSPS) is 13.7. The van der Waals surface area contributed by atoms with E-state index in [1.807, 2.05) is 0 Å². The summed E-state index contributed by atoms with van der Waals surface area (Å²) in [6, 6.07) is -1.78. The van der Waals surface area contributed by atoms with Crippen molar-refractivity contribution in [2.24, 2.45) is 5.73 Å². The molecule has 92 valence electrons. The van der Waals surface area contributed by atoms with Crippen LogP contribution in [-0.4, -0.2) is 47.3 Å². The van der Waals surface area contributed by atoms with Gasteiger partial charge in [0.15, 0.2) is 0 Å². The van der Waals surface area contributed by atoms with Gasteiger partial charge in [-0.15, -0.1) is 0 Å². The third-order valence-corrected chi connectivity index (χ3v) is 2.02. The van der Waals surface area contributed by atoms with Crippen LogP contribution in [0.25, 0.3) is 0 Å². The molecule has 2 atom stereocenters. The Kier molecular flexibility index (Phi) is 6.50. The monoisotopic (exact) mass is 249 g/mol. The van der Waals surface area contributed by atoms with E-state index in [0.717, 1.165) is 0 Å². The molecule has 0 spiro atoms. The highest BCUT2D eigenvalue weighted by molar-refractivity contribution is 7.80. The van der Waals surface area contributed by atoms with E-state index in [-0.39, 0.29) is 12.3 Å². The quantitative estimate of drug-likeness (QED) is 0.347. The number of carbonyl (C=O) groups is 3. The molecule has 0 aliphatic rings. The highest BCUT2D eigenvalue weighted by Crippen LogP contribution is 1.87. The zero-order chi connectivity index (χ0) is 12.7. The van der Waals surface area contributed by atoms with Gasteiger partial charge in [-0.3, -0.25) is 9.59 Å². The molecule has 0 saturated carbocycles. The molecule has 0 heterocycles. The first kappa shape index (κ1) is 14.7. The summed E-state index contributed by atoms with van der Waals surface area (Å²) < 4.78 is 0. The third-order valence-electron chi connectivity index (χ3n) is 1.65.